The van der Waals surface area contributed by atoms with Gasteiger partial charge in [-0.05, 0) is 36.4 Å². The smallest absolute Gasteiger partial charge is 0.142 e. The predicted octanol–water partition coefficient (Wildman–Crippen LogP) is 4.08. The number of hydrogen-bond donors (Lipinski definition) is 2. The van der Waals surface area contributed by atoms with Gasteiger partial charge in [-0.1, -0.05) is 55.2 Å². The highest BCUT2D eigenvalue weighted by molar-refractivity contribution is 6.83. The fourth-order valence-corrected chi connectivity index (χ4v) is 4.41. The van der Waals surface area contributed by atoms with E-state index in [2.05, 4.69) is 53.9 Å². The zero-order chi connectivity index (χ0) is 19.7. The molecule has 0 aliphatic carbocycles. The molecule has 0 spiro atoms. The first-order chi connectivity index (χ1) is 13.0. The van der Waals surface area contributed by atoms with E-state index in [1.54, 1.807) is 6.08 Å². The van der Waals surface area contributed by atoms with E-state index >= 15 is 0 Å². The Kier molecular flexibility index (Phi) is 7.82. The van der Waals surface area contributed by atoms with Gasteiger partial charge in [0, 0.05) is 30.2 Å². The van der Waals surface area contributed by atoms with Crippen LogP contribution in [-0.2, 0) is 11.2 Å². The molecule has 2 N–H and O–H groups in total. The summed E-state index contributed by atoms with van der Waals surface area (Å²) in [6, 6.07) is 8.34. The number of para-hydroxylation sites is 1. The molecule has 0 aliphatic heterocycles. The second-order valence-corrected chi connectivity index (χ2v) is 12.7. The number of H-pyrrole nitrogens is 1. The third-order valence-corrected chi connectivity index (χ3v) is 6.90. The maximum absolute atomic E-state index is 10.5. The highest BCUT2D eigenvalue weighted by Crippen LogP contribution is 2.20. The molecule has 0 radical (unpaired) electrons. The number of fused-ring (bicyclic) bond motifs is 1. The van der Waals surface area contributed by atoms with Crippen molar-refractivity contribution in [2.24, 2.45) is 0 Å². The maximum Gasteiger partial charge on any atom is 0.142 e. The van der Waals surface area contributed by atoms with E-state index in [1.807, 2.05) is 24.4 Å². The summed E-state index contributed by atoms with van der Waals surface area (Å²) in [5.41, 5.74) is 2.46. The second kappa shape index (κ2) is 10.1. The van der Waals surface area contributed by atoms with Crippen LogP contribution in [0.4, 0.5) is 0 Å². The summed E-state index contributed by atoms with van der Waals surface area (Å²) in [7, 11) is -1.52. The topological polar surface area (TPSA) is 56.3 Å². The molecule has 144 valence electrons. The first kappa shape index (κ1) is 20.9. The molecule has 0 aliphatic rings. The Labute approximate surface area is 162 Å². The number of nitrogens with zero attached hydrogens (tertiary/aromatic N) is 1. The van der Waals surface area contributed by atoms with Crippen LogP contribution >= 0.6 is 0 Å². The van der Waals surface area contributed by atoms with Gasteiger partial charge in [0.15, 0.2) is 0 Å². The summed E-state index contributed by atoms with van der Waals surface area (Å²) in [4.78, 5) is 16.1. The van der Waals surface area contributed by atoms with Gasteiger partial charge in [0.05, 0.1) is 14.7 Å². The van der Waals surface area contributed by atoms with Gasteiger partial charge in [0.1, 0.15) is 6.29 Å². The van der Waals surface area contributed by atoms with Gasteiger partial charge in [0.25, 0.3) is 0 Å². The molecule has 2 aromatic rings. The lowest BCUT2D eigenvalue weighted by molar-refractivity contribution is -0.104. The summed E-state index contributed by atoms with van der Waals surface area (Å²) in [5, 5.41) is 12.0. The van der Waals surface area contributed by atoms with Crippen molar-refractivity contribution in [1.82, 2.24) is 9.88 Å². The van der Waals surface area contributed by atoms with Crippen LogP contribution < -0.4 is 0 Å². The van der Waals surface area contributed by atoms with Crippen LogP contribution in [0.3, 0.4) is 0 Å². The highest BCUT2D eigenvalue weighted by Gasteiger charge is 2.20. The third-order valence-electron chi connectivity index (χ3n) is 4.62. The molecule has 0 unspecified atom stereocenters. The van der Waals surface area contributed by atoms with Crippen molar-refractivity contribution in [1.29, 1.82) is 0 Å². The minimum Gasteiger partial charge on any atom is -0.392 e. The average Bonchev–Trinajstić information content (AvgIpc) is 3.05. The average molecular weight is 383 g/mol. The number of carbonyl (C=O) groups is 1. The Morgan fingerprint density at radius 1 is 1.19 bits per heavy atom. The van der Waals surface area contributed by atoms with E-state index in [1.165, 1.54) is 22.2 Å². The van der Waals surface area contributed by atoms with Crippen LogP contribution in [0.15, 0.2) is 66.2 Å². The van der Waals surface area contributed by atoms with Crippen LogP contribution in [0.5, 0.6) is 0 Å². The van der Waals surface area contributed by atoms with E-state index in [0.29, 0.717) is 0 Å². The number of aromatic amines is 1. The summed E-state index contributed by atoms with van der Waals surface area (Å²) in [6.45, 7) is 8.61. The SMILES string of the molecule is C[Si](C)(C)/C(=C\CO)CN(/C=C/C=C/C=O)CCc1c[nH]c2ccccc12. The van der Waals surface area contributed by atoms with Crippen molar-refractivity contribution in [2.75, 3.05) is 19.7 Å². The first-order valence-electron chi connectivity index (χ1n) is 9.33. The van der Waals surface area contributed by atoms with Gasteiger partial charge in [-0.15, -0.1) is 0 Å². The summed E-state index contributed by atoms with van der Waals surface area (Å²) >= 11 is 0. The van der Waals surface area contributed by atoms with E-state index in [9.17, 15) is 9.90 Å². The van der Waals surface area contributed by atoms with Crippen molar-refractivity contribution in [3.05, 3.63) is 71.7 Å². The summed E-state index contributed by atoms with van der Waals surface area (Å²) in [6.07, 6.45) is 12.9. The van der Waals surface area contributed by atoms with Gasteiger partial charge in [0.2, 0.25) is 0 Å². The van der Waals surface area contributed by atoms with Crippen molar-refractivity contribution in [2.45, 2.75) is 26.1 Å². The lowest BCUT2D eigenvalue weighted by Gasteiger charge is -2.28. The molecule has 1 aromatic heterocycles. The van der Waals surface area contributed by atoms with Crippen LogP contribution in [-0.4, -0.2) is 49.0 Å². The van der Waals surface area contributed by atoms with Crippen LogP contribution in [0.25, 0.3) is 10.9 Å². The van der Waals surface area contributed by atoms with Crippen LogP contribution in [0.2, 0.25) is 19.6 Å². The standard InChI is InChI=1S/C22H30N2O2Si/c1-27(2,3)20(12-16-26)18-24(13-7-4-8-15-25)14-11-19-17-23-22-10-6-5-9-21(19)22/h4-10,12-13,15,17,23,26H,11,14,16,18H2,1-3H3/b8-4+,13-7+,20-12-. The van der Waals surface area contributed by atoms with Crippen molar-refractivity contribution in [3.8, 4) is 0 Å². The largest absolute Gasteiger partial charge is 0.392 e. The predicted molar refractivity (Wildman–Crippen MR) is 116 cm³/mol. The fraction of sp³-hybridized carbons (Fsp3) is 0.318. The number of rotatable bonds is 10. The number of benzene rings is 1. The number of carbonyl (C=O) groups excluding carboxylic acids is 1. The molecule has 0 fully saturated rings. The third kappa shape index (κ3) is 6.38. The summed E-state index contributed by atoms with van der Waals surface area (Å²) < 4.78 is 0. The maximum atomic E-state index is 10.5. The van der Waals surface area contributed by atoms with E-state index in [-0.39, 0.29) is 6.61 Å². The molecule has 2 rings (SSSR count). The van der Waals surface area contributed by atoms with Crippen molar-refractivity contribution < 1.29 is 9.90 Å². The lowest BCUT2D eigenvalue weighted by atomic mass is 10.1. The van der Waals surface area contributed by atoms with Gasteiger partial charge < -0.3 is 15.0 Å². The minimum atomic E-state index is -1.52. The van der Waals surface area contributed by atoms with E-state index in [4.69, 9.17) is 0 Å². The lowest BCUT2D eigenvalue weighted by Crippen LogP contribution is -2.34. The molecule has 4 nitrogen and oxygen atoms in total. The molecule has 0 saturated heterocycles. The molecular formula is C22H30N2O2Si. The monoisotopic (exact) mass is 382 g/mol. The fourth-order valence-electron chi connectivity index (χ4n) is 3.03. The van der Waals surface area contributed by atoms with E-state index in [0.717, 1.165) is 31.3 Å². The van der Waals surface area contributed by atoms with Gasteiger partial charge in [-0.25, -0.2) is 0 Å². The molecule has 0 bridgehead atoms. The van der Waals surface area contributed by atoms with Crippen molar-refractivity contribution in [3.63, 3.8) is 0 Å². The first-order valence-corrected chi connectivity index (χ1v) is 12.8. The van der Waals surface area contributed by atoms with Crippen molar-refractivity contribution >= 4 is 25.3 Å². The number of hydrogen-bond acceptors (Lipinski definition) is 3. The molecule has 0 atom stereocenters. The molecule has 0 saturated carbocycles. The van der Waals surface area contributed by atoms with E-state index < -0.39 is 8.07 Å². The van der Waals surface area contributed by atoms with Crippen LogP contribution in [0.1, 0.15) is 5.56 Å². The Morgan fingerprint density at radius 2 is 1.96 bits per heavy atom. The molecule has 1 heterocycles. The Balaban J connectivity index is 2.16. The Hall–Kier alpha value is -2.37. The number of allylic oxidation sites excluding steroid dienone is 3. The quantitative estimate of drug-likeness (QED) is 0.282. The number of aliphatic hydroxyl groups is 1. The minimum absolute atomic E-state index is 0.0741. The Morgan fingerprint density at radius 3 is 2.67 bits per heavy atom. The molecule has 5 heteroatoms. The van der Waals surface area contributed by atoms with Gasteiger partial charge in [-0.2, -0.15) is 0 Å². The summed E-state index contributed by atoms with van der Waals surface area (Å²) in [5.74, 6) is 0. The van der Waals surface area contributed by atoms with Gasteiger partial charge in [-0.3, -0.25) is 4.79 Å². The highest BCUT2D eigenvalue weighted by atomic mass is 28.3. The van der Waals surface area contributed by atoms with Crippen LogP contribution in [0, 0.1) is 0 Å². The normalized spacial score (nSPS) is 13.1. The molecular weight excluding hydrogens is 352 g/mol. The number of aldehydes is 1. The number of aliphatic hydroxyl groups excluding tert-OH is 1. The zero-order valence-electron chi connectivity index (χ0n) is 16.5. The molecule has 1 aromatic carbocycles. The van der Waals surface area contributed by atoms with Gasteiger partial charge >= 0.3 is 0 Å². The molecule has 27 heavy (non-hydrogen) atoms. The zero-order valence-corrected chi connectivity index (χ0v) is 17.5. The number of nitrogens with one attached hydrogen (secondary N) is 1. The number of aromatic nitrogens is 1. The molecule has 0 amide bonds. The Bertz CT molecular complexity index is 828. The second-order valence-electron chi connectivity index (χ2n) is 7.60.